The second-order valence-corrected chi connectivity index (χ2v) is 24.1. The van der Waals surface area contributed by atoms with Crippen LogP contribution in [0.4, 0.5) is 11.4 Å². The Hall–Kier alpha value is -7.99. The number of aromatic hydroxyl groups is 1. The summed E-state index contributed by atoms with van der Waals surface area (Å²) in [5.41, 5.74) is 6.51. The lowest BCUT2D eigenvalue weighted by atomic mass is 9.96. The molecule has 4 heterocycles. The normalized spacial score (nSPS) is 27.2. The number of fused-ring (bicyclic) bond motifs is 2. The highest BCUT2D eigenvalue weighted by atomic mass is 32.3. The number of phenolic OH excluding ortho intramolecular Hbond substituents is 1. The molecule has 0 radical (unpaired) electrons. The van der Waals surface area contributed by atoms with Gasteiger partial charge in [0.2, 0.25) is 41.4 Å². The third-order valence-corrected chi connectivity index (χ3v) is 16.7. The number of piperazine rings is 1. The number of aliphatic hydroxyl groups excluding tert-OH is 8. The number of carbonyl (C=O) groups is 8. The van der Waals surface area contributed by atoms with Crippen molar-refractivity contribution >= 4 is 69.0 Å². The van der Waals surface area contributed by atoms with E-state index in [1.165, 1.54) is 19.1 Å². The fraction of sp³-hybridized carbons (Fsp3) is 0.552. The number of nitrogens with two attached hydrogens (primary N) is 1. The number of carbonyl (C=O) groups excluding carboxylic acids is 8. The Morgan fingerprint density at radius 3 is 1.91 bits per heavy atom. The van der Waals surface area contributed by atoms with Gasteiger partial charge in [0.25, 0.3) is 5.91 Å². The van der Waals surface area contributed by atoms with E-state index < -0.39 is 198 Å². The average molecular weight is 1300 g/mol. The molecule has 33 heteroatoms. The largest absolute Gasteiger partial charge is 0.504 e. The molecule has 0 spiro atoms. The molecule has 0 aliphatic carbocycles. The molecular formula is C58H80N10O22S. The van der Waals surface area contributed by atoms with Crippen LogP contribution in [-0.4, -0.2) is 241 Å². The second kappa shape index (κ2) is 30.9. The summed E-state index contributed by atoms with van der Waals surface area (Å²) in [6.07, 6.45) is -15.7. The lowest BCUT2D eigenvalue weighted by molar-refractivity contribution is -0.149. The van der Waals surface area contributed by atoms with Gasteiger partial charge < -0.3 is 107 Å². The number of hydrogen-bond donors (Lipinski definition) is 16. The van der Waals surface area contributed by atoms with E-state index >= 15 is 0 Å². The van der Waals surface area contributed by atoms with Gasteiger partial charge in [-0.2, -0.15) is 8.42 Å². The molecule has 0 aromatic heterocycles. The van der Waals surface area contributed by atoms with Crippen molar-refractivity contribution < 1.29 is 106 Å². The minimum Gasteiger partial charge on any atom is -0.504 e. The van der Waals surface area contributed by atoms with Crippen molar-refractivity contribution in [2.45, 2.75) is 151 Å². The van der Waals surface area contributed by atoms with Gasteiger partial charge in [0, 0.05) is 75.0 Å². The highest BCUT2D eigenvalue weighted by molar-refractivity contribution is 7.81. The SMILES string of the molecule is CCCCCCOc1ccc(N2CCN(c3ccc(C(=O)N[C@H]4C[C@@H](O)[C@@H](O)NC(=O)[C@@H]5[C@@H](O)[C@@H](C)CN5C(=O)[C@H]([C@H](O)CC(N)=O)NC(=O)[C@H]([C@H](O)[C@@H](O)c5ccc(O)c(OS(=O)(=O)O)c5)NC(=O)[C@@H]5C[C@@H](O)CN5C(=O)C([C@@H](C)O)NC4=O)cc3)CC2)cc1. The Bertz CT molecular complexity index is 3190. The van der Waals surface area contributed by atoms with Crippen LogP contribution in [0.5, 0.6) is 17.2 Å². The summed E-state index contributed by atoms with van der Waals surface area (Å²) in [6, 6.07) is 3.31. The maximum Gasteiger partial charge on any atom is 0.446 e. The number of benzene rings is 3. The quantitative estimate of drug-likeness (QED) is 0.0397. The molecule has 91 heavy (non-hydrogen) atoms. The molecule has 32 nitrogen and oxygen atoms in total. The second-order valence-electron chi connectivity index (χ2n) is 23.1. The highest BCUT2D eigenvalue weighted by Crippen LogP contribution is 2.33. The Kier molecular flexibility index (Phi) is 23.9. The lowest BCUT2D eigenvalue weighted by Crippen LogP contribution is -2.64. The Morgan fingerprint density at radius 2 is 1.32 bits per heavy atom. The van der Waals surface area contributed by atoms with Crippen molar-refractivity contribution in [1.29, 1.82) is 0 Å². The number of primary amides is 1. The standard InChI is InChI=1S/C58H80N10O22S/c1-4-5-6-7-22-89-36-15-13-34(14-16-36)66-20-18-65(19-21-66)33-11-8-31(9-12-33)51(78)60-37-25-41(73)54(81)64-56(83)47-48(75)29(2)27-68(47)58(85)45(40(72)26-43(59)74)62-55(82)46(50(77)49(76)32-10-17-39(71)42(23-32)90-91(86,87)88)63-53(80)38-24-35(70)28-67(38)57(84)44(30(3)69)61-52(37)79/h8-17,23,29-30,35,37-38,40-41,44-50,54,69-73,75-77,81H,4-7,18-22,24-28H2,1-3H3,(H2,59,74)(H,60,78)(H,61,79)(H,62,82)(H,63,80)(H,64,83)(H,86,87,88)/t29-,30+,35+,37-,38-,40+,41+,44?,45-,46-,47-,48-,49-,50-,54+/m0/s1. The predicted molar refractivity (Wildman–Crippen MR) is 318 cm³/mol. The van der Waals surface area contributed by atoms with Crippen molar-refractivity contribution in [2.75, 3.05) is 55.7 Å². The first kappa shape index (κ1) is 70.5. The zero-order valence-electron chi connectivity index (χ0n) is 50.1. The van der Waals surface area contributed by atoms with Crippen LogP contribution in [0.3, 0.4) is 0 Å². The van der Waals surface area contributed by atoms with E-state index in [1.54, 1.807) is 12.1 Å². The lowest BCUT2D eigenvalue weighted by Gasteiger charge is -2.37. The molecule has 0 bridgehead atoms. The van der Waals surface area contributed by atoms with Gasteiger partial charge in [-0.15, -0.1) is 0 Å². The van der Waals surface area contributed by atoms with Crippen molar-refractivity contribution in [3.63, 3.8) is 0 Å². The van der Waals surface area contributed by atoms with Gasteiger partial charge in [-0.3, -0.25) is 42.9 Å². The molecule has 4 aliphatic rings. The minimum atomic E-state index is -5.35. The van der Waals surface area contributed by atoms with Crippen LogP contribution in [0.2, 0.25) is 0 Å². The Labute approximate surface area is 523 Å². The number of ether oxygens (including phenoxy) is 1. The smallest absolute Gasteiger partial charge is 0.446 e. The summed E-state index contributed by atoms with van der Waals surface area (Å²) in [5, 5.41) is 112. The van der Waals surface area contributed by atoms with Gasteiger partial charge in [-0.25, -0.2) is 0 Å². The summed E-state index contributed by atoms with van der Waals surface area (Å²) in [5.74, 6) is -13.0. The van der Waals surface area contributed by atoms with Gasteiger partial charge in [0.1, 0.15) is 60.3 Å². The fourth-order valence-corrected chi connectivity index (χ4v) is 11.6. The molecule has 17 N–H and O–H groups in total. The molecule has 8 amide bonds. The van der Waals surface area contributed by atoms with Crippen LogP contribution in [0.1, 0.15) is 87.7 Å². The molecule has 15 atom stereocenters. The van der Waals surface area contributed by atoms with E-state index in [0.717, 1.165) is 61.9 Å². The summed E-state index contributed by atoms with van der Waals surface area (Å²) in [7, 11) is -5.35. The van der Waals surface area contributed by atoms with Crippen LogP contribution in [0.15, 0.2) is 66.7 Å². The number of hydrogen-bond acceptors (Lipinski definition) is 23. The van der Waals surface area contributed by atoms with Gasteiger partial charge in [-0.1, -0.05) is 39.2 Å². The number of phenols is 1. The van der Waals surface area contributed by atoms with Crippen molar-refractivity contribution in [2.24, 2.45) is 11.7 Å². The Morgan fingerprint density at radius 1 is 0.725 bits per heavy atom. The number of anilines is 2. The number of aliphatic hydroxyl groups is 8. The molecular weight excluding hydrogens is 1220 g/mol. The number of unbranched alkanes of at least 4 members (excludes halogenated alkanes) is 3. The molecule has 1 unspecified atom stereocenters. The molecule has 0 saturated carbocycles. The summed E-state index contributed by atoms with van der Waals surface area (Å²) in [6.45, 7) is 6.46. The molecule has 3 aromatic carbocycles. The van der Waals surface area contributed by atoms with Crippen molar-refractivity contribution in [1.82, 2.24) is 36.4 Å². The fourth-order valence-electron chi connectivity index (χ4n) is 11.3. The minimum absolute atomic E-state index is 0.0205. The van der Waals surface area contributed by atoms with Crippen LogP contribution in [0, 0.1) is 5.92 Å². The predicted octanol–water partition coefficient (Wildman–Crippen LogP) is -4.51. The maximum absolute atomic E-state index is 14.7. The molecule has 7 rings (SSSR count). The van der Waals surface area contributed by atoms with Gasteiger partial charge >= 0.3 is 10.4 Å². The van der Waals surface area contributed by atoms with E-state index in [1.807, 2.05) is 34.9 Å². The van der Waals surface area contributed by atoms with Gasteiger partial charge in [-0.05, 0) is 79.6 Å². The number of rotatable bonds is 19. The van der Waals surface area contributed by atoms with Gasteiger partial charge in [0.15, 0.2) is 17.7 Å². The molecule has 4 saturated heterocycles. The Balaban J connectivity index is 1.18. The monoisotopic (exact) mass is 1300 g/mol. The van der Waals surface area contributed by atoms with Crippen LogP contribution >= 0.6 is 0 Å². The number of nitrogens with zero attached hydrogens (tertiary/aromatic N) is 4. The summed E-state index contributed by atoms with van der Waals surface area (Å²) >= 11 is 0. The summed E-state index contributed by atoms with van der Waals surface area (Å²) in [4.78, 5) is 119. The maximum atomic E-state index is 14.7. The third-order valence-electron chi connectivity index (χ3n) is 16.3. The van der Waals surface area contributed by atoms with Crippen molar-refractivity contribution in [3.05, 3.63) is 77.9 Å². The molecule has 4 fully saturated rings. The van der Waals surface area contributed by atoms with E-state index in [-0.39, 0.29) is 5.56 Å². The van der Waals surface area contributed by atoms with E-state index in [0.29, 0.717) is 48.7 Å². The zero-order chi connectivity index (χ0) is 66.8. The van der Waals surface area contributed by atoms with E-state index in [2.05, 4.69) is 36.9 Å². The highest BCUT2D eigenvalue weighted by Gasteiger charge is 2.51. The zero-order valence-corrected chi connectivity index (χ0v) is 50.9. The van der Waals surface area contributed by atoms with Crippen LogP contribution in [0.25, 0.3) is 0 Å². The first-order valence-corrected chi connectivity index (χ1v) is 31.0. The van der Waals surface area contributed by atoms with Crippen molar-refractivity contribution in [3.8, 4) is 17.2 Å². The number of amides is 8. The van der Waals surface area contributed by atoms with E-state index in [9.17, 15) is 97.3 Å². The molecule has 4 aliphatic heterocycles. The van der Waals surface area contributed by atoms with Gasteiger partial charge in [0.05, 0.1) is 37.4 Å². The van der Waals surface area contributed by atoms with Crippen LogP contribution in [-0.2, 0) is 44.0 Å². The van der Waals surface area contributed by atoms with Crippen LogP contribution < -0.4 is 51.0 Å². The number of nitrogens with one attached hydrogen (secondary N) is 5. The topological polar surface area (TPSA) is 491 Å². The average Bonchev–Trinajstić information content (AvgIpc) is 1.74. The first-order valence-electron chi connectivity index (χ1n) is 29.6. The molecule has 500 valence electrons. The van der Waals surface area contributed by atoms with E-state index in [4.69, 9.17) is 10.5 Å². The first-order chi connectivity index (χ1) is 43.0. The third kappa shape index (κ3) is 18.0. The molecule has 3 aromatic rings. The summed E-state index contributed by atoms with van der Waals surface area (Å²) < 4.78 is 42.7.